The van der Waals surface area contributed by atoms with E-state index in [4.69, 9.17) is 0 Å². The van der Waals surface area contributed by atoms with Crippen molar-refractivity contribution in [2.75, 3.05) is 10.2 Å². The number of carbonyl (C=O) groups excluding carboxylic acids is 2. The number of hydrogen-bond acceptors (Lipinski definition) is 4. The van der Waals surface area contributed by atoms with Gasteiger partial charge in [-0.25, -0.2) is 4.98 Å². The molecule has 1 fully saturated rings. The Morgan fingerprint density at radius 2 is 1.96 bits per heavy atom. The van der Waals surface area contributed by atoms with Gasteiger partial charge in [-0.15, -0.1) is 11.3 Å². The summed E-state index contributed by atoms with van der Waals surface area (Å²) in [6, 6.07) is 7.55. The Hall–Kier alpha value is -2.21. The van der Waals surface area contributed by atoms with Crippen LogP contribution in [-0.2, 0) is 4.79 Å². The van der Waals surface area contributed by atoms with E-state index in [9.17, 15) is 9.59 Å². The van der Waals surface area contributed by atoms with Crippen LogP contribution in [0.3, 0.4) is 0 Å². The van der Waals surface area contributed by atoms with Gasteiger partial charge in [-0.2, -0.15) is 0 Å². The van der Waals surface area contributed by atoms with Crippen molar-refractivity contribution < 1.29 is 9.59 Å². The summed E-state index contributed by atoms with van der Waals surface area (Å²) in [7, 11) is 0. The molecule has 5 nitrogen and oxygen atoms in total. The van der Waals surface area contributed by atoms with E-state index in [1.54, 1.807) is 18.3 Å². The van der Waals surface area contributed by atoms with Crippen LogP contribution in [0.4, 0.5) is 10.8 Å². The second kappa shape index (κ2) is 7.57. The van der Waals surface area contributed by atoms with Crippen molar-refractivity contribution in [2.45, 2.75) is 45.1 Å². The first-order valence-corrected chi connectivity index (χ1v) is 9.20. The second-order valence-corrected chi connectivity index (χ2v) is 6.79. The maximum absolute atomic E-state index is 12.4. The molecule has 0 saturated heterocycles. The van der Waals surface area contributed by atoms with Crippen LogP contribution in [0.5, 0.6) is 0 Å². The minimum Gasteiger partial charge on any atom is -0.309 e. The Balaban J connectivity index is 1.76. The van der Waals surface area contributed by atoms with Crippen molar-refractivity contribution in [1.82, 2.24) is 4.98 Å². The molecule has 0 radical (unpaired) electrons. The van der Waals surface area contributed by atoms with E-state index in [-0.39, 0.29) is 17.9 Å². The van der Waals surface area contributed by atoms with E-state index < -0.39 is 0 Å². The number of carbonyl (C=O) groups is 2. The second-order valence-electron chi connectivity index (χ2n) is 5.89. The number of hydrogen-bond donors (Lipinski definition) is 1. The SMILES string of the molecule is CCC(=O)N(c1ccc(C(=O)Nc2nccs2)cc1)C1CCCC1. The van der Waals surface area contributed by atoms with Crippen LogP contribution < -0.4 is 10.2 Å². The highest BCUT2D eigenvalue weighted by Gasteiger charge is 2.27. The van der Waals surface area contributed by atoms with Gasteiger partial charge in [0.15, 0.2) is 5.13 Å². The van der Waals surface area contributed by atoms with Gasteiger partial charge in [0.2, 0.25) is 5.91 Å². The molecule has 1 aromatic heterocycles. The average Bonchev–Trinajstić information content (AvgIpc) is 3.29. The summed E-state index contributed by atoms with van der Waals surface area (Å²) in [5, 5.41) is 5.16. The third-order valence-electron chi connectivity index (χ3n) is 4.32. The number of anilines is 2. The molecule has 1 saturated carbocycles. The molecule has 3 rings (SSSR count). The van der Waals surface area contributed by atoms with Gasteiger partial charge in [0.1, 0.15) is 0 Å². The number of thiazole rings is 1. The molecule has 1 aliphatic rings. The number of aromatic nitrogens is 1. The molecule has 0 spiro atoms. The molecule has 2 amide bonds. The predicted octanol–water partition coefficient (Wildman–Crippen LogP) is 4.08. The van der Waals surface area contributed by atoms with Crippen LogP contribution in [0.2, 0.25) is 0 Å². The van der Waals surface area contributed by atoms with Crippen LogP contribution in [-0.4, -0.2) is 22.8 Å². The number of amides is 2. The van der Waals surface area contributed by atoms with E-state index in [1.165, 1.54) is 24.2 Å². The Morgan fingerprint density at radius 1 is 1.25 bits per heavy atom. The predicted molar refractivity (Wildman–Crippen MR) is 96.5 cm³/mol. The average molecular weight is 343 g/mol. The van der Waals surface area contributed by atoms with E-state index in [0.717, 1.165) is 18.5 Å². The molecule has 0 aliphatic heterocycles. The third-order valence-corrected chi connectivity index (χ3v) is 5.01. The number of benzene rings is 1. The van der Waals surface area contributed by atoms with Gasteiger partial charge in [0, 0.05) is 35.3 Å². The van der Waals surface area contributed by atoms with Gasteiger partial charge in [-0.1, -0.05) is 19.8 Å². The molecule has 24 heavy (non-hydrogen) atoms. The summed E-state index contributed by atoms with van der Waals surface area (Å²) in [5.41, 5.74) is 1.43. The van der Waals surface area contributed by atoms with Crippen molar-refractivity contribution >= 4 is 34.0 Å². The van der Waals surface area contributed by atoms with Crippen LogP contribution in [0.25, 0.3) is 0 Å². The molecular formula is C18H21N3O2S. The molecule has 6 heteroatoms. The molecule has 0 atom stereocenters. The first-order valence-electron chi connectivity index (χ1n) is 8.32. The maximum atomic E-state index is 12.4. The Kier molecular flexibility index (Phi) is 5.25. The lowest BCUT2D eigenvalue weighted by molar-refractivity contribution is -0.118. The molecule has 1 N–H and O–H groups in total. The highest BCUT2D eigenvalue weighted by atomic mass is 32.1. The fraction of sp³-hybridized carbons (Fsp3) is 0.389. The summed E-state index contributed by atoms with van der Waals surface area (Å²) in [5.74, 6) is -0.0485. The molecule has 1 aliphatic carbocycles. The van der Waals surface area contributed by atoms with E-state index >= 15 is 0 Å². The van der Waals surface area contributed by atoms with E-state index in [2.05, 4.69) is 10.3 Å². The fourth-order valence-corrected chi connectivity index (χ4v) is 3.64. The number of nitrogens with one attached hydrogen (secondary N) is 1. The third kappa shape index (κ3) is 3.64. The first-order chi connectivity index (χ1) is 11.7. The quantitative estimate of drug-likeness (QED) is 0.890. The van der Waals surface area contributed by atoms with E-state index in [1.807, 2.05) is 29.3 Å². The zero-order valence-corrected chi connectivity index (χ0v) is 14.5. The number of rotatable bonds is 5. The zero-order valence-electron chi connectivity index (χ0n) is 13.7. The van der Waals surface area contributed by atoms with Gasteiger partial charge in [-0.05, 0) is 37.1 Å². The summed E-state index contributed by atoms with van der Waals surface area (Å²) >= 11 is 1.38. The van der Waals surface area contributed by atoms with Crippen LogP contribution >= 0.6 is 11.3 Å². The summed E-state index contributed by atoms with van der Waals surface area (Å²) in [6.45, 7) is 1.89. The van der Waals surface area contributed by atoms with Gasteiger partial charge >= 0.3 is 0 Å². The van der Waals surface area contributed by atoms with Crippen molar-refractivity contribution in [3.8, 4) is 0 Å². The maximum Gasteiger partial charge on any atom is 0.257 e. The lowest BCUT2D eigenvalue weighted by Gasteiger charge is -2.29. The Bertz CT molecular complexity index is 692. The topological polar surface area (TPSA) is 62.3 Å². The largest absolute Gasteiger partial charge is 0.309 e. The highest BCUT2D eigenvalue weighted by molar-refractivity contribution is 7.13. The molecule has 1 aromatic carbocycles. The molecular weight excluding hydrogens is 322 g/mol. The van der Waals surface area contributed by atoms with Crippen LogP contribution in [0, 0.1) is 0 Å². The van der Waals surface area contributed by atoms with Crippen LogP contribution in [0.15, 0.2) is 35.8 Å². The van der Waals surface area contributed by atoms with Gasteiger partial charge in [-0.3, -0.25) is 14.9 Å². The minimum atomic E-state index is -0.189. The van der Waals surface area contributed by atoms with Gasteiger partial charge < -0.3 is 4.90 Å². The molecule has 126 valence electrons. The lowest BCUT2D eigenvalue weighted by Crippen LogP contribution is -2.38. The zero-order chi connectivity index (χ0) is 16.9. The van der Waals surface area contributed by atoms with Gasteiger partial charge in [0.25, 0.3) is 5.91 Å². The summed E-state index contributed by atoms with van der Waals surface area (Å²) in [4.78, 5) is 30.5. The summed E-state index contributed by atoms with van der Waals surface area (Å²) in [6.07, 6.45) is 6.59. The van der Waals surface area contributed by atoms with Crippen LogP contribution in [0.1, 0.15) is 49.4 Å². The van der Waals surface area contributed by atoms with E-state index in [0.29, 0.717) is 17.1 Å². The van der Waals surface area contributed by atoms with Crippen molar-refractivity contribution in [3.63, 3.8) is 0 Å². The molecule has 2 aromatic rings. The smallest absolute Gasteiger partial charge is 0.257 e. The summed E-state index contributed by atoms with van der Waals surface area (Å²) < 4.78 is 0. The first kappa shape index (κ1) is 16.6. The lowest BCUT2D eigenvalue weighted by atomic mass is 10.1. The fourth-order valence-electron chi connectivity index (χ4n) is 3.12. The minimum absolute atomic E-state index is 0.141. The number of nitrogens with zero attached hydrogens (tertiary/aromatic N) is 2. The molecule has 0 bridgehead atoms. The Labute approximate surface area is 145 Å². The molecule has 0 unspecified atom stereocenters. The van der Waals surface area contributed by atoms with Crippen molar-refractivity contribution in [1.29, 1.82) is 0 Å². The Morgan fingerprint density at radius 3 is 2.54 bits per heavy atom. The van der Waals surface area contributed by atoms with Crippen molar-refractivity contribution in [2.24, 2.45) is 0 Å². The monoisotopic (exact) mass is 343 g/mol. The standard InChI is InChI=1S/C18H21N3O2S/c1-2-16(22)21(14-5-3-4-6-14)15-9-7-13(8-10-15)17(23)20-18-19-11-12-24-18/h7-12,14H,2-6H2,1H3,(H,19,20,23). The molecule has 1 heterocycles. The van der Waals surface area contributed by atoms with Gasteiger partial charge in [0.05, 0.1) is 0 Å². The normalized spacial score (nSPS) is 14.5. The highest BCUT2D eigenvalue weighted by Crippen LogP contribution is 2.29. The van der Waals surface area contributed by atoms with Crippen molar-refractivity contribution in [3.05, 3.63) is 41.4 Å².